The van der Waals surface area contributed by atoms with Gasteiger partial charge in [0.05, 0.1) is 12.1 Å². The van der Waals surface area contributed by atoms with E-state index >= 15 is 0 Å². The molecule has 0 saturated heterocycles. The van der Waals surface area contributed by atoms with Crippen LogP contribution >= 0.6 is 27.7 Å². The number of rotatable bonds is 3. The number of pyridine rings is 2. The molecule has 100 valence electrons. The number of benzene rings is 1. The van der Waals surface area contributed by atoms with Gasteiger partial charge in [-0.3, -0.25) is 0 Å². The molecule has 3 aromatic rings. The Kier molecular flexibility index (Phi) is 4.00. The van der Waals surface area contributed by atoms with E-state index in [0.29, 0.717) is 0 Å². The highest BCUT2D eigenvalue weighted by Crippen LogP contribution is 2.30. The fraction of sp³-hybridized carbons (Fsp3) is 0.0667. The zero-order valence-corrected chi connectivity index (χ0v) is 12.9. The van der Waals surface area contributed by atoms with Crippen molar-refractivity contribution >= 4 is 38.6 Å². The van der Waals surface area contributed by atoms with Crippen molar-refractivity contribution in [2.45, 2.75) is 16.7 Å². The molecule has 0 bridgehead atoms. The topological polar surface area (TPSA) is 46.0 Å². The van der Waals surface area contributed by atoms with Crippen LogP contribution in [0.15, 0.2) is 63.2 Å². The van der Waals surface area contributed by atoms with Crippen LogP contribution in [0.4, 0.5) is 0 Å². The molecular formula is C15H11BrN2OS. The number of para-hydroxylation sites is 1. The number of nitrogens with zero attached hydrogens (tertiary/aromatic N) is 2. The minimum Gasteiger partial charge on any atom is -0.392 e. The largest absolute Gasteiger partial charge is 0.392 e. The van der Waals surface area contributed by atoms with Gasteiger partial charge >= 0.3 is 0 Å². The lowest BCUT2D eigenvalue weighted by molar-refractivity contribution is 0.278. The molecule has 0 aliphatic heterocycles. The first-order chi connectivity index (χ1) is 9.76. The van der Waals surface area contributed by atoms with E-state index in [4.69, 9.17) is 0 Å². The summed E-state index contributed by atoms with van der Waals surface area (Å²) in [4.78, 5) is 8.94. The minimum atomic E-state index is -0.0311. The molecule has 0 saturated carbocycles. The molecule has 20 heavy (non-hydrogen) atoms. The van der Waals surface area contributed by atoms with E-state index in [2.05, 4.69) is 25.9 Å². The van der Waals surface area contributed by atoms with E-state index < -0.39 is 0 Å². The van der Waals surface area contributed by atoms with Crippen LogP contribution in [-0.4, -0.2) is 15.1 Å². The minimum absolute atomic E-state index is 0.0311. The van der Waals surface area contributed by atoms with Crippen molar-refractivity contribution in [2.75, 3.05) is 0 Å². The number of hydrogen-bond donors (Lipinski definition) is 1. The van der Waals surface area contributed by atoms with E-state index in [9.17, 15) is 5.11 Å². The number of halogens is 1. The number of aromatic nitrogens is 2. The molecule has 0 fully saturated rings. The third-order valence-corrected chi connectivity index (χ3v) is 4.30. The Bertz CT molecular complexity index is 746. The van der Waals surface area contributed by atoms with Crippen molar-refractivity contribution in [1.29, 1.82) is 0 Å². The van der Waals surface area contributed by atoms with Gasteiger partial charge in [-0.05, 0) is 52.0 Å². The molecule has 0 atom stereocenters. The summed E-state index contributed by atoms with van der Waals surface area (Å²) < 4.78 is 0.940. The van der Waals surface area contributed by atoms with E-state index in [1.165, 1.54) is 11.8 Å². The summed E-state index contributed by atoms with van der Waals surface area (Å²) in [6.45, 7) is -0.0311. The third-order valence-electron chi connectivity index (χ3n) is 2.84. The van der Waals surface area contributed by atoms with Crippen LogP contribution in [0.2, 0.25) is 0 Å². The summed E-state index contributed by atoms with van der Waals surface area (Å²) in [5.74, 6) is 0. The highest BCUT2D eigenvalue weighted by molar-refractivity contribution is 9.10. The first-order valence-electron chi connectivity index (χ1n) is 6.05. The molecule has 0 radical (unpaired) electrons. The molecule has 0 aliphatic rings. The van der Waals surface area contributed by atoms with Crippen LogP contribution in [0.1, 0.15) is 5.56 Å². The van der Waals surface area contributed by atoms with Gasteiger partial charge in [0.1, 0.15) is 10.1 Å². The van der Waals surface area contributed by atoms with Crippen molar-refractivity contribution in [2.24, 2.45) is 0 Å². The molecule has 1 aromatic carbocycles. The Balaban J connectivity index is 2.03. The molecule has 0 amide bonds. The smallest absolute Gasteiger partial charge is 0.108 e. The van der Waals surface area contributed by atoms with Gasteiger partial charge in [-0.25, -0.2) is 9.97 Å². The summed E-state index contributed by atoms with van der Waals surface area (Å²) >= 11 is 4.82. The monoisotopic (exact) mass is 346 g/mol. The highest BCUT2D eigenvalue weighted by atomic mass is 79.9. The zero-order valence-electron chi connectivity index (χ0n) is 10.5. The number of aliphatic hydroxyl groups is 1. The van der Waals surface area contributed by atoms with Gasteiger partial charge in [0.25, 0.3) is 0 Å². The van der Waals surface area contributed by atoms with Gasteiger partial charge in [0.2, 0.25) is 0 Å². The first-order valence-corrected chi connectivity index (χ1v) is 7.66. The van der Waals surface area contributed by atoms with Crippen molar-refractivity contribution in [1.82, 2.24) is 9.97 Å². The molecule has 2 heterocycles. The molecule has 0 spiro atoms. The Labute approximate surface area is 129 Å². The fourth-order valence-corrected chi connectivity index (χ4v) is 2.94. The standard InChI is InChI=1S/C15H11BrN2OS/c16-12-5-6-14(17-8-12)20-15-11(9-19)7-10-3-1-2-4-13(10)18-15/h1-8,19H,9H2. The maximum Gasteiger partial charge on any atom is 0.108 e. The third kappa shape index (κ3) is 2.85. The van der Waals surface area contributed by atoms with Crippen molar-refractivity contribution in [3.63, 3.8) is 0 Å². The summed E-state index contributed by atoms with van der Waals surface area (Å²) in [6, 6.07) is 13.7. The molecule has 1 N–H and O–H groups in total. The van der Waals surface area contributed by atoms with Crippen molar-refractivity contribution < 1.29 is 5.11 Å². The average molecular weight is 347 g/mol. The molecule has 0 aliphatic carbocycles. The van der Waals surface area contributed by atoms with Gasteiger partial charge in [-0.1, -0.05) is 18.2 Å². The predicted molar refractivity (Wildman–Crippen MR) is 83.7 cm³/mol. The molecule has 3 rings (SSSR count). The second-order valence-electron chi connectivity index (χ2n) is 4.22. The first kappa shape index (κ1) is 13.5. The van der Waals surface area contributed by atoms with E-state index in [-0.39, 0.29) is 6.61 Å². The summed E-state index contributed by atoms with van der Waals surface area (Å²) in [6.07, 6.45) is 1.75. The Morgan fingerprint density at radius 1 is 1.15 bits per heavy atom. The predicted octanol–water partition coefficient (Wildman–Crippen LogP) is 4.04. The lowest BCUT2D eigenvalue weighted by atomic mass is 10.2. The van der Waals surface area contributed by atoms with Crippen LogP contribution in [0.3, 0.4) is 0 Å². The van der Waals surface area contributed by atoms with Crippen LogP contribution < -0.4 is 0 Å². The lowest BCUT2D eigenvalue weighted by Crippen LogP contribution is -1.93. The molecule has 3 nitrogen and oxygen atoms in total. The Hall–Kier alpha value is -1.43. The molecule has 0 unspecified atom stereocenters. The summed E-state index contributed by atoms with van der Waals surface area (Å²) in [7, 11) is 0. The van der Waals surface area contributed by atoms with E-state index in [1.807, 2.05) is 42.5 Å². The van der Waals surface area contributed by atoms with Crippen molar-refractivity contribution in [3.05, 3.63) is 58.7 Å². The van der Waals surface area contributed by atoms with Crippen LogP contribution in [0.25, 0.3) is 10.9 Å². The maximum atomic E-state index is 9.52. The summed E-state index contributed by atoms with van der Waals surface area (Å²) in [5.41, 5.74) is 1.74. The summed E-state index contributed by atoms with van der Waals surface area (Å²) in [5, 5.41) is 12.2. The molecule has 5 heteroatoms. The number of aliphatic hydroxyl groups excluding tert-OH is 1. The van der Waals surface area contributed by atoms with E-state index in [0.717, 1.165) is 31.0 Å². The van der Waals surface area contributed by atoms with Crippen LogP contribution in [-0.2, 0) is 6.61 Å². The number of hydrogen-bond acceptors (Lipinski definition) is 4. The normalized spacial score (nSPS) is 10.9. The van der Waals surface area contributed by atoms with Gasteiger partial charge in [-0.2, -0.15) is 0 Å². The zero-order chi connectivity index (χ0) is 13.9. The average Bonchev–Trinajstić information content (AvgIpc) is 2.49. The van der Waals surface area contributed by atoms with Crippen molar-refractivity contribution in [3.8, 4) is 0 Å². The Morgan fingerprint density at radius 3 is 2.75 bits per heavy atom. The molecule has 2 aromatic heterocycles. The maximum absolute atomic E-state index is 9.52. The number of fused-ring (bicyclic) bond motifs is 1. The fourth-order valence-electron chi connectivity index (χ4n) is 1.87. The lowest BCUT2D eigenvalue weighted by Gasteiger charge is -2.08. The van der Waals surface area contributed by atoms with Gasteiger partial charge in [-0.15, -0.1) is 0 Å². The second kappa shape index (κ2) is 5.91. The quantitative estimate of drug-likeness (QED) is 0.777. The SMILES string of the molecule is OCc1cc2ccccc2nc1Sc1ccc(Br)cn1. The van der Waals surface area contributed by atoms with Crippen LogP contribution in [0, 0.1) is 0 Å². The van der Waals surface area contributed by atoms with Gasteiger partial charge in [0, 0.05) is 21.6 Å². The Morgan fingerprint density at radius 2 is 2.00 bits per heavy atom. The van der Waals surface area contributed by atoms with Gasteiger partial charge in [0.15, 0.2) is 0 Å². The van der Waals surface area contributed by atoms with Crippen LogP contribution in [0.5, 0.6) is 0 Å². The highest BCUT2D eigenvalue weighted by Gasteiger charge is 2.08. The second-order valence-corrected chi connectivity index (χ2v) is 6.14. The van der Waals surface area contributed by atoms with E-state index in [1.54, 1.807) is 6.20 Å². The molecular weight excluding hydrogens is 336 g/mol. The van der Waals surface area contributed by atoms with Gasteiger partial charge < -0.3 is 5.11 Å².